The van der Waals surface area contributed by atoms with Crippen molar-refractivity contribution in [1.82, 2.24) is 0 Å². The minimum Gasteiger partial charge on any atom is -0.475 e. The van der Waals surface area contributed by atoms with E-state index in [1.807, 2.05) is 22.6 Å². The monoisotopic (exact) mass is 316 g/mol. The van der Waals surface area contributed by atoms with Gasteiger partial charge in [0, 0.05) is 6.07 Å². The molecule has 0 radical (unpaired) electrons. The molecule has 15 heavy (non-hydrogen) atoms. The number of hydrogen-bond donors (Lipinski definition) is 1. The maximum Gasteiger partial charge on any atom is 0.371 e. The van der Waals surface area contributed by atoms with E-state index < -0.39 is 5.97 Å². The third-order valence-corrected chi connectivity index (χ3v) is 2.77. The highest BCUT2D eigenvalue weighted by Gasteiger charge is 2.11. The van der Waals surface area contributed by atoms with E-state index in [9.17, 15) is 9.59 Å². The van der Waals surface area contributed by atoms with Crippen molar-refractivity contribution in [3.63, 3.8) is 0 Å². The third kappa shape index (κ3) is 1.74. The molecule has 0 saturated heterocycles. The number of carboxylic acids is 1. The number of hydrogen-bond acceptors (Lipinski definition) is 3. The van der Waals surface area contributed by atoms with Crippen LogP contribution in [0.25, 0.3) is 11.0 Å². The molecule has 0 saturated carbocycles. The Labute approximate surface area is 97.7 Å². The third-order valence-electron chi connectivity index (χ3n) is 1.92. The molecule has 0 aliphatic heterocycles. The zero-order valence-corrected chi connectivity index (χ0v) is 9.52. The van der Waals surface area contributed by atoms with Crippen LogP contribution in [0.2, 0.25) is 0 Å². The molecule has 2 rings (SSSR count). The maximum atomic E-state index is 11.5. The minimum atomic E-state index is -1.24. The SMILES string of the molecule is O=C(O)c1cc(=O)c2cccc(I)c2o1. The topological polar surface area (TPSA) is 67.5 Å². The number of carboxylic acid groups (broad SMARTS) is 1. The molecule has 0 fully saturated rings. The van der Waals surface area contributed by atoms with Gasteiger partial charge < -0.3 is 9.52 Å². The van der Waals surface area contributed by atoms with Crippen LogP contribution in [0.1, 0.15) is 10.6 Å². The lowest BCUT2D eigenvalue weighted by molar-refractivity contribution is 0.0663. The Kier molecular flexibility index (Phi) is 2.47. The van der Waals surface area contributed by atoms with Gasteiger partial charge in [-0.05, 0) is 34.7 Å². The van der Waals surface area contributed by atoms with Crippen LogP contribution in [0.15, 0.2) is 33.5 Å². The molecule has 76 valence electrons. The number of halogens is 1. The number of carbonyl (C=O) groups is 1. The number of rotatable bonds is 1. The lowest BCUT2D eigenvalue weighted by Crippen LogP contribution is -2.06. The van der Waals surface area contributed by atoms with Gasteiger partial charge in [-0.1, -0.05) is 6.07 Å². The van der Waals surface area contributed by atoms with Crippen molar-refractivity contribution in [2.75, 3.05) is 0 Å². The zero-order valence-electron chi connectivity index (χ0n) is 7.36. The Balaban J connectivity index is 2.92. The average molecular weight is 316 g/mol. The highest BCUT2D eigenvalue weighted by Crippen LogP contribution is 2.18. The molecule has 0 unspecified atom stereocenters. The van der Waals surface area contributed by atoms with Gasteiger partial charge in [0.25, 0.3) is 0 Å². The number of benzene rings is 1. The first-order valence-corrected chi connectivity index (χ1v) is 5.13. The Morgan fingerprint density at radius 1 is 1.40 bits per heavy atom. The molecule has 0 bridgehead atoms. The number of aromatic carboxylic acids is 1. The Bertz CT molecular complexity index is 600. The fourth-order valence-electron chi connectivity index (χ4n) is 1.25. The van der Waals surface area contributed by atoms with Gasteiger partial charge in [0.05, 0.1) is 8.96 Å². The van der Waals surface area contributed by atoms with Gasteiger partial charge in [-0.2, -0.15) is 0 Å². The lowest BCUT2D eigenvalue weighted by atomic mass is 10.2. The fraction of sp³-hybridized carbons (Fsp3) is 0. The molecule has 0 atom stereocenters. The van der Waals surface area contributed by atoms with Crippen molar-refractivity contribution in [1.29, 1.82) is 0 Å². The van der Waals surface area contributed by atoms with Crippen LogP contribution in [0.5, 0.6) is 0 Å². The lowest BCUT2D eigenvalue weighted by Gasteiger charge is -2.00. The van der Waals surface area contributed by atoms with Gasteiger partial charge in [0.1, 0.15) is 0 Å². The van der Waals surface area contributed by atoms with E-state index in [-0.39, 0.29) is 11.2 Å². The molecule has 0 amide bonds. The van der Waals surface area contributed by atoms with Gasteiger partial charge in [-0.15, -0.1) is 0 Å². The van der Waals surface area contributed by atoms with Crippen molar-refractivity contribution in [3.05, 3.63) is 43.8 Å². The summed E-state index contributed by atoms with van der Waals surface area (Å²) >= 11 is 1.99. The molecular weight excluding hydrogens is 311 g/mol. The normalized spacial score (nSPS) is 10.5. The highest BCUT2D eigenvalue weighted by atomic mass is 127. The molecule has 1 N–H and O–H groups in total. The summed E-state index contributed by atoms with van der Waals surface area (Å²) in [6, 6.07) is 6.06. The van der Waals surface area contributed by atoms with Crippen LogP contribution >= 0.6 is 22.6 Å². The van der Waals surface area contributed by atoms with Gasteiger partial charge in [-0.25, -0.2) is 4.79 Å². The molecule has 5 heteroatoms. The molecular formula is C10H5IO4. The Morgan fingerprint density at radius 2 is 2.13 bits per heavy atom. The van der Waals surface area contributed by atoms with Crippen molar-refractivity contribution in [2.24, 2.45) is 0 Å². The van der Waals surface area contributed by atoms with Crippen LogP contribution in [0.3, 0.4) is 0 Å². The zero-order chi connectivity index (χ0) is 11.0. The highest BCUT2D eigenvalue weighted by molar-refractivity contribution is 14.1. The van der Waals surface area contributed by atoms with E-state index in [0.29, 0.717) is 14.5 Å². The number of para-hydroxylation sites is 1. The maximum absolute atomic E-state index is 11.5. The Hall–Kier alpha value is -1.37. The van der Waals surface area contributed by atoms with E-state index in [1.165, 1.54) is 0 Å². The molecule has 1 aromatic carbocycles. The van der Waals surface area contributed by atoms with Gasteiger partial charge >= 0.3 is 5.97 Å². The van der Waals surface area contributed by atoms with Crippen LogP contribution in [-0.4, -0.2) is 11.1 Å². The van der Waals surface area contributed by atoms with Crippen molar-refractivity contribution >= 4 is 39.5 Å². The summed E-state index contributed by atoms with van der Waals surface area (Å²) in [5.41, 5.74) is -0.0184. The quantitative estimate of drug-likeness (QED) is 0.818. The molecule has 1 heterocycles. The second kappa shape index (κ2) is 3.65. The molecule has 4 nitrogen and oxygen atoms in total. The molecule has 0 aliphatic carbocycles. The average Bonchev–Trinajstić information content (AvgIpc) is 2.19. The Morgan fingerprint density at radius 3 is 2.80 bits per heavy atom. The first-order valence-electron chi connectivity index (χ1n) is 4.05. The molecule has 0 spiro atoms. The van der Waals surface area contributed by atoms with E-state index in [0.717, 1.165) is 6.07 Å². The van der Waals surface area contributed by atoms with Gasteiger partial charge in [-0.3, -0.25) is 4.79 Å². The van der Waals surface area contributed by atoms with Crippen LogP contribution in [-0.2, 0) is 0 Å². The van der Waals surface area contributed by atoms with Crippen LogP contribution < -0.4 is 5.43 Å². The largest absolute Gasteiger partial charge is 0.475 e. The second-order valence-corrected chi connectivity index (χ2v) is 4.06. The van der Waals surface area contributed by atoms with Crippen molar-refractivity contribution in [2.45, 2.75) is 0 Å². The van der Waals surface area contributed by atoms with Crippen molar-refractivity contribution < 1.29 is 14.3 Å². The number of fused-ring (bicyclic) bond motifs is 1. The van der Waals surface area contributed by atoms with Crippen LogP contribution in [0.4, 0.5) is 0 Å². The summed E-state index contributed by atoms with van der Waals surface area (Å²) in [6.45, 7) is 0. The standard InChI is InChI=1S/C10H5IO4/c11-6-3-1-2-5-7(12)4-8(10(13)14)15-9(5)6/h1-4H,(H,13,14). The van der Waals surface area contributed by atoms with E-state index in [2.05, 4.69) is 0 Å². The summed E-state index contributed by atoms with van der Waals surface area (Å²) < 4.78 is 5.84. The van der Waals surface area contributed by atoms with E-state index in [1.54, 1.807) is 18.2 Å². The van der Waals surface area contributed by atoms with Gasteiger partial charge in [0.2, 0.25) is 5.76 Å². The summed E-state index contributed by atoms with van der Waals surface area (Å²) in [4.78, 5) is 22.2. The summed E-state index contributed by atoms with van der Waals surface area (Å²) in [5.74, 6) is -1.58. The van der Waals surface area contributed by atoms with E-state index >= 15 is 0 Å². The fourth-order valence-corrected chi connectivity index (χ4v) is 1.86. The van der Waals surface area contributed by atoms with Gasteiger partial charge in [0.15, 0.2) is 11.0 Å². The summed E-state index contributed by atoms with van der Waals surface area (Å²) in [6.07, 6.45) is 0. The smallest absolute Gasteiger partial charge is 0.371 e. The van der Waals surface area contributed by atoms with Crippen molar-refractivity contribution in [3.8, 4) is 0 Å². The van der Waals surface area contributed by atoms with E-state index in [4.69, 9.17) is 9.52 Å². The molecule has 0 aliphatic rings. The summed E-state index contributed by atoms with van der Waals surface area (Å²) in [5, 5.41) is 9.12. The first-order chi connectivity index (χ1) is 7.09. The predicted molar refractivity (Wildman–Crippen MR) is 62.2 cm³/mol. The predicted octanol–water partition coefficient (Wildman–Crippen LogP) is 2.10. The second-order valence-electron chi connectivity index (χ2n) is 2.90. The molecule has 2 aromatic rings. The summed E-state index contributed by atoms with van der Waals surface area (Å²) in [7, 11) is 0. The minimum absolute atomic E-state index is 0.322. The first kappa shape index (κ1) is 10.2. The van der Waals surface area contributed by atoms with Crippen LogP contribution in [0, 0.1) is 3.57 Å². The molecule has 1 aromatic heterocycles.